The maximum absolute atomic E-state index is 3.78. The average Bonchev–Trinajstić information content (AvgIpc) is 2.48. The number of hydrogen-bond donors (Lipinski definition) is 0. The van der Waals surface area contributed by atoms with Crippen LogP contribution < -0.4 is 0 Å². The fourth-order valence-corrected chi connectivity index (χ4v) is 5.00. The standard InChI is InChI=1S/C12H27P.C7H8/c1-4-7-10-13(11-8-5-2)12-9-6-3;1-7-5-3-2-4-6-7/h4-12H2,1-3H3;2-5H,1,6H2. The van der Waals surface area contributed by atoms with Crippen molar-refractivity contribution in [3.8, 4) is 0 Å². The van der Waals surface area contributed by atoms with E-state index in [0.717, 1.165) is 6.42 Å². The van der Waals surface area contributed by atoms with Gasteiger partial charge in [0, 0.05) is 0 Å². The summed E-state index contributed by atoms with van der Waals surface area (Å²) in [5, 5.41) is 0. The Morgan fingerprint density at radius 2 is 1.40 bits per heavy atom. The molecule has 0 nitrogen and oxygen atoms in total. The second kappa shape index (κ2) is 15.0. The van der Waals surface area contributed by atoms with E-state index in [1.807, 2.05) is 18.2 Å². The molecule has 0 saturated heterocycles. The molecule has 0 unspecified atom stereocenters. The highest BCUT2D eigenvalue weighted by atomic mass is 31.1. The van der Waals surface area contributed by atoms with E-state index < -0.39 is 0 Å². The van der Waals surface area contributed by atoms with Gasteiger partial charge in [0.05, 0.1) is 0 Å². The number of allylic oxidation sites excluding steroid dienone is 5. The SMILES string of the molecule is C=C1C=CC=CC1.CCCCP(CCCC)CCCC. The van der Waals surface area contributed by atoms with E-state index in [1.165, 1.54) is 44.1 Å². The van der Waals surface area contributed by atoms with Gasteiger partial charge in [-0.25, -0.2) is 0 Å². The monoisotopic (exact) mass is 294 g/mol. The third kappa shape index (κ3) is 12.7. The van der Waals surface area contributed by atoms with Gasteiger partial charge >= 0.3 is 0 Å². The third-order valence-corrected chi connectivity index (χ3v) is 6.29. The van der Waals surface area contributed by atoms with E-state index in [-0.39, 0.29) is 0 Å². The Morgan fingerprint density at radius 1 is 0.900 bits per heavy atom. The van der Waals surface area contributed by atoms with Crippen LogP contribution in [-0.4, -0.2) is 18.5 Å². The first kappa shape index (κ1) is 19.7. The summed E-state index contributed by atoms with van der Waals surface area (Å²) in [4.78, 5) is 0. The molecule has 116 valence electrons. The quantitative estimate of drug-likeness (QED) is 0.404. The van der Waals surface area contributed by atoms with Crippen LogP contribution in [0.5, 0.6) is 0 Å². The molecule has 0 aromatic heterocycles. The highest BCUT2D eigenvalue weighted by molar-refractivity contribution is 7.57. The van der Waals surface area contributed by atoms with Crippen LogP contribution in [0.25, 0.3) is 0 Å². The molecule has 0 saturated carbocycles. The lowest BCUT2D eigenvalue weighted by Crippen LogP contribution is -1.95. The smallest absolute Gasteiger partial charge is 0.0100 e. The zero-order chi connectivity index (χ0) is 15.1. The molecule has 1 heteroatoms. The van der Waals surface area contributed by atoms with E-state index >= 15 is 0 Å². The first-order chi connectivity index (χ1) is 9.74. The molecule has 0 aliphatic heterocycles. The molecule has 1 rings (SSSR count). The largest absolute Gasteiger partial charge is 0.107 e. The zero-order valence-electron chi connectivity index (χ0n) is 14.0. The molecular weight excluding hydrogens is 259 g/mol. The summed E-state index contributed by atoms with van der Waals surface area (Å²) in [7, 11) is 0.422. The predicted octanol–water partition coefficient (Wildman–Crippen LogP) is 6.93. The summed E-state index contributed by atoms with van der Waals surface area (Å²) >= 11 is 0. The Morgan fingerprint density at radius 3 is 1.65 bits per heavy atom. The van der Waals surface area contributed by atoms with Crippen molar-refractivity contribution in [1.29, 1.82) is 0 Å². The van der Waals surface area contributed by atoms with E-state index in [0.29, 0.717) is 7.92 Å². The molecule has 0 fully saturated rings. The summed E-state index contributed by atoms with van der Waals surface area (Å²) < 4.78 is 0. The van der Waals surface area contributed by atoms with Crippen LogP contribution >= 0.6 is 7.92 Å². The van der Waals surface area contributed by atoms with E-state index in [4.69, 9.17) is 0 Å². The van der Waals surface area contributed by atoms with Crippen LogP contribution in [0.15, 0.2) is 36.5 Å². The summed E-state index contributed by atoms with van der Waals surface area (Å²) in [5.74, 6) is 0. The minimum absolute atomic E-state index is 0.422. The third-order valence-electron chi connectivity index (χ3n) is 3.44. The molecule has 1 aliphatic carbocycles. The maximum atomic E-state index is 3.78. The van der Waals surface area contributed by atoms with Crippen LogP contribution in [0, 0.1) is 0 Å². The van der Waals surface area contributed by atoms with Gasteiger partial charge in [-0.05, 0) is 44.2 Å². The van der Waals surface area contributed by atoms with Gasteiger partial charge < -0.3 is 0 Å². The summed E-state index contributed by atoms with van der Waals surface area (Å²) in [6.07, 6.45) is 22.4. The van der Waals surface area contributed by atoms with E-state index in [2.05, 4.69) is 33.4 Å². The topological polar surface area (TPSA) is 0 Å². The van der Waals surface area contributed by atoms with Gasteiger partial charge in [-0.3, -0.25) is 0 Å². The molecule has 0 heterocycles. The lowest BCUT2D eigenvalue weighted by Gasteiger charge is -2.16. The molecule has 20 heavy (non-hydrogen) atoms. The fraction of sp³-hybridized carbons (Fsp3) is 0.684. The molecule has 0 aromatic carbocycles. The maximum Gasteiger partial charge on any atom is -0.0100 e. The Kier molecular flexibility index (Phi) is 14.8. The van der Waals surface area contributed by atoms with Gasteiger partial charge in [-0.1, -0.05) is 76.5 Å². The summed E-state index contributed by atoms with van der Waals surface area (Å²) in [5.41, 5.74) is 1.20. The van der Waals surface area contributed by atoms with Gasteiger partial charge in [0.25, 0.3) is 0 Å². The van der Waals surface area contributed by atoms with Crippen molar-refractivity contribution < 1.29 is 0 Å². The normalized spacial score (nSPS) is 13.5. The molecule has 0 spiro atoms. The highest BCUT2D eigenvalue weighted by Gasteiger charge is 2.05. The minimum Gasteiger partial charge on any atom is -0.107 e. The number of hydrogen-bond acceptors (Lipinski definition) is 0. The van der Waals surface area contributed by atoms with Crippen LogP contribution in [0.1, 0.15) is 65.7 Å². The predicted molar refractivity (Wildman–Crippen MR) is 98.3 cm³/mol. The van der Waals surface area contributed by atoms with Gasteiger partial charge in [-0.15, -0.1) is 7.92 Å². The minimum atomic E-state index is 0.422. The first-order valence-electron chi connectivity index (χ1n) is 8.47. The molecule has 1 aliphatic rings. The molecule has 0 aromatic rings. The van der Waals surface area contributed by atoms with E-state index in [1.54, 1.807) is 18.5 Å². The van der Waals surface area contributed by atoms with Crippen molar-refractivity contribution in [1.82, 2.24) is 0 Å². The Hall–Kier alpha value is -0.350. The van der Waals surface area contributed by atoms with Gasteiger partial charge in [-0.2, -0.15) is 0 Å². The lowest BCUT2D eigenvalue weighted by molar-refractivity contribution is 0.847. The van der Waals surface area contributed by atoms with Crippen molar-refractivity contribution in [2.45, 2.75) is 65.7 Å². The molecular formula is C19H35P. The second-order valence-electron chi connectivity index (χ2n) is 5.55. The van der Waals surface area contributed by atoms with Gasteiger partial charge in [0.1, 0.15) is 0 Å². The lowest BCUT2D eigenvalue weighted by atomic mass is 10.1. The second-order valence-corrected chi connectivity index (χ2v) is 8.24. The summed E-state index contributed by atoms with van der Waals surface area (Å²) in [6, 6.07) is 0. The van der Waals surface area contributed by atoms with Crippen LogP contribution in [-0.2, 0) is 0 Å². The van der Waals surface area contributed by atoms with Crippen LogP contribution in [0.2, 0.25) is 0 Å². The Bertz CT molecular complexity index is 256. The Balaban J connectivity index is 0.000000428. The Labute approximate surface area is 129 Å². The van der Waals surface area contributed by atoms with Crippen molar-refractivity contribution >= 4 is 7.92 Å². The van der Waals surface area contributed by atoms with Crippen molar-refractivity contribution in [3.05, 3.63) is 36.5 Å². The molecule has 0 radical (unpaired) electrons. The van der Waals surface area contributed by atoms with Crippen molar-refractivity contribution in [2.24, 2.45) is 0 Å². The van der Waals surface area contributed by atoms with E-state index in [9.17, 15) is 0 Å². The molecule has 0 atom stereocenters. The fourth-order valence-electron chi connectivity index (χ4n) is 2.04. The molecule has 0 amide bonds. The van der Waals surface area contributed by atoms with Crippen molar-refractivity contribution in [2.75, 3.05) is 18.5 Å². The summed E-state index contributed by atoms with van der Waals surface area (Å²) in [6.45, 7) is 10.7. The molecule has 0 bridgehead atoms. The number of unbranched alkanes of at least 4 members (excludes halogenated alkanes) is 3. The van der Waals surface area contributed by atoms with Crippen LogP contribution in [0.3, 0.4) is 0 Å². The van der Waals surface area contributed by atoms with Gasteiger partial charge in [0.2, 0.25) is 0 Å². The van der Waals surface area contributed by atoms with Gasteiger partial charge in [0.15, 0.2) is 0 Å². The number of rotatable bonds is 9. The highest BCUT2D eigenvalue weighted by Crippen LogP contribution is 2.38. The average molecular weight is 294 g/mol. The molecule has 0 N–H and O–H groups in total. The first-order valence-corrected chi connectivity index (χ1v) is 10.4. The van der Waals surface area contributed by atoms with Crippen molar-refractivity contribution in [3.63, 3.8) is 0 Å². The van der Waals surface area contributed by atoms with Crippen LogP contribution in [0.4, 0.5) is 0 Å². The zero-order valence-corrected chi connectivity index (χ0v) is 14.9.